The SMILES string of the molecule is CC1CCC(OCCC(O)(CN)c2ccccc2)CC1. The van der Waals surface area contributed by atoms with Crippen LogP contribution in [0.1, 0.15) is 44.6 Å². The number of benzene rings is 1. The highest BCUT2D eigenvalue weighted by Crippen LogP contribution is 2.27. The lowest BCUT2D eigenvalue weighted by molar-refractivity contribution is -0.0316. The third-order valence-corrected chi connectivity index (χ3v) is 4.48. The topological polar surface area (TPSA) is 55.5 Å². The van der Waals surface area contributed by atoms with Crippen LogP contribution in [-0.4, -0.2) is 24.4 Å². The number of ether oxygens (including phenoxy) is 1. The van der Waals surface area contributed by atoms with Crippen molar-refractivity contribution in [2.45, 2.75) is 50.7 Å². The molecule has 0 aromatic heterocycles. The lowest BCUT2D eigenvalue weighted by atomic mass is 9.88. The Morgan fingerprint density at radius 2 is 1.85 bits per heavy atom. The molecular weight excluding hydrogens is 250 g/mol. The van der Waals surface area contributed by atoms with E-state index in [4.69, 9.17) is 10.5 Å². The Bertz CT molecular complexity index is 387. The second-order valence-corrected chi connectivity index (χ2v) is 6.10. The molecule has 0 spiro atoms. The van der Waals surface area contributed by atoms with Crippen molar-refractivity contribution in [3.8, 4) is 0 Å². The number of rotatable bonds is 6. The van der Waals surface area contributed by atoms with Crippen LogP contribution in [0.3, 0.4) is 0 Å². The van der Waals surface area contributed by atoms with E-state index in [1.54, 1.807) is 0 Å². The van der Waals surface area contributed by atoms with Crippen molar-refractivity contribution >= 4 is 0 Å². The van der Waals surface area contributed by atoms with Crippen LogP contribution in [0.25, 0.3) is 0 Å². The monoisotopic (exact) mass is 277 g/mol. The Morgan fingerprint density at radius 3 is 2.45 bits per heavy atom. The predicted molar refractivity (Wildman–Crippen MR) is 81.4 cm³/mol. The van der Waals surface area contributed by atoms with Gasteiger partial charge in [-0.15, -0.1) is 0 Å². The molecular formula is C17H27NO2. The largest absolute Gasteiger partial charge is 0.384 e. The zero-order chi connectivity index (χ0) is 14.4. The lowest BCUT2D eigenvalue weighted by Crippen LogP contribution is -2.36. The van der Waals surface area contributed by atoms with E-state index in [0.717, 1.165) is 24.3 Å². The van der Waals surface area contributed by atoms with Gasteiger partial charge < -0.3 is 15.6 Å². The fraction of sp³-hybridized carbons (Fsp3) is 0.647. The molecule has 1 atom stereocenters. The molecule has 0 heterocycles. The van der Waals surface area contributed by atoms with Crippen molar-refractivity contribution in [1.82, 2.24) is 0 Å². The molecule has 0 saturated heterocycles. The summed E-state index contributed by atoms with van der Waals surface area (Å²) in [6.45, 7) is 3.10. The highest BCUT2D eigenvalue weighted by Gasteiger charge is 2.28. The van der Waals surface area contributed by atoms with Gasteiger partial charge in [-0.1, -0.05) is 37.3 Å². The molecule has 1 fully saturated rings. The fourth-order valence-electron chi connectivity index (χ4n) is 2.90. The van der Waals surface area contributed by atoms with Crippen LogP contribution < -0.4 is 5.73 Å². The van der Waals surface area contributed by atoms with Crippen molar-refractivity contribution in [2.75, 3.05) is 13.2 Å². The molecule has 1 unspecified atom stereocenters. The zero-order valence-corrected chi connectivity index (χ0v) is 12.4. The summed E-state index contributed by atoms with van der Waals surface area (Å²) in [5.41, 5.74) is 5.68. The van der Waals surface area contributed by atoms with Crippen LogP contribution in [0.15, 0.2) is 30.3 Å². The molecule has 1 aliphatic carbocycles. The maximum Gasteiger partial charge on any atom is 0.104 e. The normalized spacial score (nSPS) is 26.1. The van der Waals surface area contributed by atoms with Gasteiger partial charge >= 0.3 is 0 Å². The van der Waals surface area contributed by atoms with E-state index >= 15 is 0 Å². The minimum absolute atomic E-state index is 0.224. The van der Waals surface area contributed by atoms with E-state index in [0.29, 0.717) is 19.1 Å². The molecule has 112 valence electrons. The zero-order valence-electron chi connectivity index (χ0n) is 12.4. The number of hydrogen-bond acceptors (Lipinski definition) is 3. The first kappa shape index (κ1) is 15.5. The van der Waals surface area contributed by atoms with Crippen molar-refractivity contribution in [3.05, 3.63) is 35.9 Å². The Hall–Kier alpha value is -0.900. The van der Waals surface area contributed by atoms with E-state index in [-0.39, 0.29) is 6.54 Å². The molecule has 1 aliphatic rings. The maximum absolute atomic E-state index is 10.7. The van der Waals surface area contributed by atoms with Crippen LogP contribution in [0.4, 0.5) is 0 Å². The third-order valence-electron chi connectivity index (χ3n) is 4.48. The number of hydrogen-bond donors (Lipinski definition) is 2. The summed E-state index contributed by atoms with van der Waals surface area (Å²) in [5, 5.41) is 10.7. The summed E-state index contributed by atoms with van der Waals surface area (Å²) in [5.74, 6) is 0.833. The third kappa shape index (κ3) is 4.05. The highest BCUT2D eigenvalue weighted by molar-refractivity contribution is 5.22. The predicted octanol–water partition coefficient (Wildman–Crippen LogP) is 2.82. The molecule has 1 saturated carbocycles. The van der Waals surface area contributed by atoms with Gasteiger partial charge in [-0.2, -0.15) is 0 Å². The van der Waals surface area contributed by atoms with Gasteiger partial charge in [0.2, 0.25) is 0 Å². The van der Waals surface area contributed by atoms with Crippen LogP contribution in [0.2, 0.25) is 0 Å². The van der Waals surface area contributed by atoms with Gasteiger partial charge in [0.05, 0.1) is 12.7 Å². The molecule has 1 aromatic carbocycles. The summed E-state index contributed by atoms with van der Waals surface area (Å²) in [6, 6.07) is 9.66. The summed E-state index contributed by atoms with van der Waals surface area (Å²) in [4.78, 5) is 0. The lowest BCUT2D eigenvalue weighted by Gasteiger charge is -2.30. The van der Waals surface area contributed by atoms with Gasteiger partial charge in [-0.25, -0.2) is 0 Å². The summed E-state index contributed by atoms with van der Waals surface area (Å²) in [6.07, 6.45) is 5.72. The average Bonchev–Trinajstić information content (AvgIpc) is 2.50. The van der Waals surface area contributed by atoms with E-state index in [1.807, 2.05) is 30.3 Å². The molecule has 3 heteroatoms. The van der Waals surface area contributed by atoms with Crippen LogP contribution in [-0.2, 0) is 10.3 Å². The Morgan fingerprint density at radius 1 is 1.20 bits per heavy atom. The van der Waals surface area contributed by atoms with Crippen molar-refractivity contribution in [3.63, 3.8) is 0 Å². The van der Waals surface area contributed by atoms with Crippen molar-refractivity contribution in [1.29, 1.82) is 0 Å². The van der Waals surface area contributed by atoms with Gasteiger partial charge in [0.15, 0.2) is 0 Å². The Balaban J connectivity index is 1.82. The van der Waals surface area contributed by atoms with Gasteiger partial charge in [0, 0.05) is 13.0 Å². The molecule has 20 heavy (non-hydrogen) atoms. The molecule has 0 aliphatic heterocycles. The fourth-order valence-corrected chi connectivity index (χ4v) is 2.90. The van der Waals surface area contributed by atoms with Gasteiger partial charge in [-0.05, 0) is 37.2 Å². The molecule has 3 nitrogen and oxygen atoms in total. The van der Waals surface area contributed by atoms with Crippen molar-refractivity contribution < 1.29 is 9.84 Å². The Labute approximate surface area is 122 Å². The molecule has 0 radical (unpaired) electrons. The second kappa shape index (κ2) is 7.21. The maximum atomic E-state index is 10.7. The van der Waals surface area contributed by atoms with Crippen LogP contribution >= 0.6 is 0 Å². The summed E-state index contributed by atoms with van der Waals surface area (Å²) >= 11 is 0. The van der Waals surface area contributed by atoms with E-state index < -0.39 is 5.60 Å². The molecule has 3 N–H and O–H groups in total. The average molecular weight is 277 g/mol. The quantitative estimate of drug-likeness (QED) is 0.840. The van der Waals surface area contributed by atoms with E-state index in [2.05, 4.69) is 6.92 Å². The minimum Gasteiger partial charge on any atom is -0.384 e. The minimum atomic E-state index is -0.969. The summed E-state index contributed by atoms with van der Waals surface area (Å²) in [7, 11) is 0. The number of nitrogens with two attached hydrogens (primary N) is 1. The first-order valence-electron chi connectivity index (χ1n) is 7.73. The molecule has 0 bridgehead atoms. The molecule has 2 rings (SSSR count). The first-order valence-corrected chi connectivity index (χ1v) is 7.73. The second-order valence-electron chi connectivity index (χ2n) is 6.10. The van der Waals surface area contributed by atoms with Crippen LogP contribution in [0, 0.1) is 5.92 Å². The number of aliphatic hydroxyl groups is 1. The van der Waals surface area contributed by atoms with E-state index in [1.165, 1.54) is 12.8 Å². The van der Waals surface area contributed by atoms with Gasteiger partial charge in [-0.3, -0.25) is 0 Å². The highest BCUT2D eigenvalue weighted by atomic mass is 16.5. The van der Waals surface area contributed by atoms with Gasteiger partial charge in [0.1, 0.15) is 5.60 Å². The van der Waals surface area contributed by atoms with E-state index in [9.17, 15) is 5.11 Å². The van der Waals surface area contributed by atoms with Crippen LogP contribution in [0.5, 0.6) is 0 Å². The smallest absolute Gasteiger partial charge is 0.104 e. The molecule has 0 amide bonds. The van der Waals surface area contributed by atoms with Crippen molar-refractivity contribution in [2.24, 2.45) is 11.7 Å². The Kier molecular flexibility index (Phi) is 5.58. The van der Waals surface area contributed by atoms with Gasteiger partial charge in [0.25, 0.3) is 0 Å². The molecule has 1 aromatic rings. The summed E-state index contributed by atoms with van der Waals surface area (Å²) < 4.78 is 5.93. The standard InChI is InChI=1S/C17H27NO2/c1-14-7-9-16(10-8-14)20-12-11-17(19,13-18)15-5-3-2-4-6-15/h2-6,14,16,19H,7-13,18H2,1H3. The first-order chi connectivity index (χ1) is 9.64.